The van der Waals surface area contributed by atoms with Crippen LogP contribution >= 0.6 is 15.9 Å². The van der Waals surface area contributed by atoms with Crippen LogP contribution in [-0.2, 0) is 10.1 Å². The lowest BCUT2D eigenvalue weighted by Crippen LogP contribution is -2.42. The summed E-state index contributed by atoms with van der Waals surface area (Å²) in [4.78, 5) is 13.0. The van der Waals surface area contributed by atoms with Crippen LogP contribution in [0.2, 0.25) is 0 Å². The largest absolute Gasteiger partial charge is 0.348 e. The third-order valence-electron chi connectivity index (χ3n) is 2.66. The van der Waals surface area contributed by atoms with E-state index in [1.807, 2.05) is 0 Å². The fraction of sp³-hybridized carbons (Fsp3) is 0.364. The first-order valence-electron chi connectivity index (χ1n) is 5.44. The van der Waals surface area contributed by atoms with E-state index in [1.54, 1.807) is 24.3 Å². The molecule has 1 fully saturated rings. The van der Waals surface area contributed by atoms with E-state index in [0.29, 0.717) is 11.0 Å². The number of hydrogen-bond donors (Lipinski definition) is 1. The third kappa shape index (κ3) is 2.85. The zero-order valence-electron chi connectivity index (χ0n) is 10.0. The topological polar surface area (TPSA) is 44.8 Å². The standard InChI is InChI=1S/C11H12BrF2N3O2/c1-16-11(19-9(13)14)17(10(18)15-16)8-5-3-2-4-7(8)6-12/h2-5,9,11H,6H2,1H3,(H,15,18). The molecule has 0 bridgehead atoms. The van der Waals surface area contributed by atoms with Gasteiger partial charge in [0.15, 0.2) is 0 Å². The number of hydrazine groups is 1. The Morgan fingerprint density at radius 1 is 1.47 bits per heavy atom. The molecular formula is C11H12BrF2N3O2. The van der Waals surface area contributed by atoms with Crippen molar-refractivity contribution in [2.24, 2.45) is 0 Å². The minimum Gasteiger partial charge on any atom is -0.282 e. The van der Waals surface area contributed by atoms with E-state index in [0.717, 1.165) is 10.5 Å². The van der Waals surface area contributed by atoms with Crippen LogP contribution in [-0.4, -0.2) is 31.1 Å². The molecule has 1 N–H and O–H groups in total. The Hall–Kier alpha value is -1.25. The van der Waals surface area contributed by atoms with Gasteiger partial charge in [0.1, 0.15) is 0 Å². The van der Waals surface area contributed by atoms with Gasteiger partial charge in [-0.25, -0.2) is 4.79 Å². The molecule has 1 saturated heterocycles. The number of halogens is 3. The molecule has 1 aliphatic heterocycles. The smallest absolute Gasteiger partial charge is 0.282 e. The number of nitrogens with zero attached hydrogens (tertiary/aromatic N) is 2. The number of carbonyl (C=O) groups is 1. The van der Waals surface area contributed by atoms with Gasteiger partial charge in [-0.3, -0.25) is 15.1 Å². The molecule has 1 heterocycles. The van der Waals surface area contributed by atoms with Crippen LogP contribution in [0.25, 0.3) is 0 Å². The highest BCUT2D eigenvalue weighted by Gasteiger charge is 2.39. The lowest BCUT2D eigenvalue weighted by molar-refractivity contribution is -0.194. The number of nitrogens with one attached hydrogen (secondary N) is 1. The third-order valence-corrected chi connectivity index (χ3v) is 3.27. The SMILES string of the molecule is CN1NC(=O)N(c2ccccc2CBr)C1OC(F)F. The number of hydrogen-bond acceptors (Lipinski definition) is 3. The molecule has 1 atom stereocenters. The van der Waals surface area contributed by atoms with Crippen molar-refractivity contribution in [3.63, 3.8) is 0 Å². The van der Waals surface area contributed by atoms with Crippen molar-refractivity contribution in [2.45, 2.75) is 18.3 Å². The molecule has 19 heavy (non-hydrogen) atoms. The molecule has 0 saturated carbocycles. The summed E-state index contributed by atoms with van der Waals surface area (Å²) in [6.45, 7) is -2.97. The summed E-state index contributed by atoms with van der Waals surface area (Å²) in [5, 5.41) is 1.69. The number of anilines is 1. The van der Waals surface area contributed by atoms with Crippen molar-refractivity contribution in [1.82, 2.24) is 10.4 Å². The first-order chi connectivity index (χ1) is 9.04. The number of amides is 2. The van der Waals surface area contributed by atoms with Gasteiger partial charge >= 0.3 is 12.6 Å². The van der Waals surface area contributed by atoms with Crippen molar-refractivity contribution in [2.75, 3.05) is 11.9 Å². The van der Waals surface area contributed by atoms with Crippen LogP contribution < -0.4 is 10.3 Å². The Morgan fingerprint density at radius 3 is 2.79 bits per heavy atom. The molecule has 1 aromatic rings. The number of urea groups is 1. The zero-order valence-corrected chi connectivity index (χ0v) is 11.6. The zero-order chi connectivity index (χ0) is 14.0. The van der Waals surface area contributed by atoms with Crippen LogP contribution in [0, 0.1) is 0 Å². The van der Waals surface area contributed by atoms with E-state index in [1.165, 1.54) is 12.1 Å². The van der Waals surface area contributed by atoms with E-state index in [9.17, 15) is 13.6 Å². The van der Waals surface area contributed by atoms with Crippen LogP contribution in [0.15, 0.2) is 24.3 Å². The second kappa shape index (κ2) is 5.81. The summed E-state index contributed by atoms with van der Waals surface area (Å²) in [6.07, 6.45) is -1.19. The first kappa shape index (κ1) is 14.2. The molecule has 1 unspecified atom stereocenters. The van der Waals surface area contributed by atoms with Crippen LogP contribution in [0.5, 0.6) is 0 Å². The van der Waals surface area contributed by atoms with E-state index in [-0.39, 0.29) is 0 Å². The average Bonchev–Trinajstić information content (AvgIpc) is 2.63. The Kier molecular flexibility index (Phi) is 4.33. The quantitative estimate of drug-likeness (QED) is 0.860. The number of para-hydroxylation sites is 1. The Labute approximate surface area is 117 Å². The fourth-order valence-corrected chi connectivity index (χ4v) is 2.34. The van der Waals surface area contributed by atoms with Gasteiger partial charge in [0, 0.05) is 12.4 Å². The van der Waals surface area contributed by atoms with Gasteiger partial charge in [-0.2, -0.15) is 13.8 Å². The monoisotopic (exact) mass is 335 g/mol. The number of alkyl halides is 3. The van der Waals surface area contributed by atoms with Crippen LogP contribution in [0.4, 0.5) is 19.3 Å². The van der Waals surface area contributed by atoms with Crippen molar-refractivity contribution in [1.29, 1.82) is 0 Å². The van der Waals surface area contributed by atoms with Crippen molar-refractivity contribution < 1.29 is 18.3 Å². The van der Waals surface area contributed by atoms with E-state index in [4.69, 9.17) is 0 Å². The Bertz CT molecular complexity index is 475. The van der Waals surface area contributed by atoms with E-state index < -0.39 is 19.0 Å². The van der Waals surface area contributed by atoms with Crippen molar-refractivity contribution in [3.05, 3.63) is 29.8 Å². The molecule has 1 aliphatic rings. The second-order valence-electron chi connectivity index (χ2n) is 3.88. The maximum Gasteiger partial charge on any atom is 0.348 e. The second-order valence-corrected chi connectivity index (χ2v) is 4.44. The molecule has 5 nitrogen and oxygen atoms in total. The molecule has 2 rings (SSSR count). The summed E-state index contributed by atoms with van der Waals surface area (Å²) in [5.41, 5.74) is 3.74. The lowest BCUT2D eigenvalue weighted by atomic mass is 10.2. The highest BCUT2D eigenvalue weighted by Crippen LogP contribution is 2.28. The summed E-state index contributed by atoms with van der Waals surface area (Å²) < 4.78 is 29.3. The molecule has 0 radical (unpaired) electrons. The van der Waals surface area contributed by atoms with E-state index >= 15 is 0 Å². The van der Waals surface area contributed by atoms with Gasteiger partial charge in [-0.05, 0) is 11.6 Å². The van der Waals surface area contributed by atoms with Gasteiger partial charge in [0.2, 0.25) is 6.35 Å². The summed E-state index contributed by atoms with van der Waals surface area (Å²) in [5.74, 6) is 0. The predicted octanol–water partition coefficient (Wildman–Crippen LogP) is 2.48. The minimum atomic E-state index is -2.97. The molecule has 8 heteroatoms. The van der Waals surface area contributed by atoms with E-state index in [2.05, 4.69) is 26.1 Å². The van der Waals surface area contributed by atoms with Crippen LogP contribution in [0.3, 0.4) is 0 Å². The normalized spacial score (nSPS) is 20.2. The first-order valence-corrected chi connectivity index (χ1v) is 6.57. The summed E-state index contributed by atoms with van der Waals surface area (Å²) >= 11 is 3.30. The molecule has 2 amide bonds. The average molecular weight is 336 g/mol. The maximum absolute atomic E-state index is 12.4. The van der Waals surface area contributed by atoms with Crippen LogP contribution in [0.1, 0.15) is 5.56 Å². The lowest BCUT2D eigenvalue weighted by Gasteiger charge is -2.26. The number of carbonyl (C=O) groups excluding carboxylic acids is 1. The fourth-order valence-electron chi connectivity index (χ4n) is 1.86. The molecular weight excluding hydrogens is 324 g/mol. The number of ether oxygens (including phenoxy) is 1. The number of rotatable bonds is 4. The molecule has 0 aromatic heterocycles. The van der Waals surface area contributed by atoms with Crippen molar-refractivity contribution >= 4 is 27.6 Å². The van der Waals surface area contributed by atoms with Gasteiger partial charge in [0.25, 0.3) is 0 Å². The highest BCUT2D eigenvalue weighted by molar-refractivity contribution is 9.08. The summed E-state index contributed by atoms with van der Waals surface area (Å²) in [6, 6.07) is 6.50. The van der Waals surface area contributed by atoms with Gasteiger partial charge < -0.3 is 0 Å². The Balaban J connectivity index is 2.36. The highest BCUT2D eigenvalue weighted by atomic mass is 79.9. The minimum absolute atomic E-state index is 0.498. The predicted molar refractivity (Wildman–Crippen MR) is 68.7 cm³/mol. The molecule has 0 spiro atoms. The van der Waals surface area contributed by atoms with Gasteiger partial charge in [0.05, 0.1) is 5.69 Å². The Morgan fingerprint density at radius 2 is 2.16 bits per heavy atom. The molecule has 0 aliphatic carbocycles. The van der Waals surface area contributed by atoms with Crippen molar-refractivity contribution in [3.8, 4) is 0 Å². The van der Waals surface area contributed by atoms with Gasteiger partial charge in [-0.1, -0.05) is 34.1 Å². The maximum atomic E-state index is 12.4. The molecule has 1 aromatic carbocycles. The number of benzene rings is 1. The summed E-state index contributed by atoms with van der Waals surface area (Å²) in [7, 11) is 1.46. The van der Waals surface area contributed by atoms with Gasteiger partial charge in [-0.15, -0.1) is 0 Å². The molecule has 104 valence electrons.